The highest BCUT2D eigenvalue weighted by Gasteiger charge is 2.74. The molecule has 1 aliphatic carbocycles. The summed E-state index contributed by atoms with van der Waals surface area (Å²) in [6.45, 7) is 6.40. The van der Waals surface area contributed by atoms with Gasteiger partial charge in [0.25, 0.3) is 0 Å². The summed E-state index contributed by atoms with van der Waals surface area (Å²) >= 11 is 0. The number of methoxy groups -OCH3 is 1. The molecule has 2 N–H and O–H groups in total. The minimum absolute atomic E-state index is 0.0871. The molecule has 39 heavy (non-hydrogen) atoms. The lowest BCUT2D eigenvalue weighted by atomic mass is 9.70. The van der Waals surface area contributed by atoms with Crippen LogP contribution in [0.2, 0.25) is 0 Å². The van der Waals surface area contributed by atoms with Gasteiger partial charge in [-0.1, -0.05) is 49.6 Å². The molecule has 4 aliphatic rings. The predicted octanol–water partition coefficient (Wildman–Crippen LogP) is 4.23. The number of anilines is 1. The molecule has 210 valence electrons. The molecule has 1 aromatic carbocycles. The Hall–Kier alpha value is -3.13. The van der Waals surface area contributed by atoms with Gasteiger partial charge < -0.3 is 25.0 Å². The molecule has 8 heteroatoms. The van der Waals surface area contributed by atoms with Gasteiger partial charge in [-0.15, -0.1) is 0 Å². The van der Waals surface area contributed by atoms with E-state index in [2.05, 4.69) is 17.6 Å². The van der Waals surface area contributed by atoms with Crippen LogP contribution in [0.15, 0.2) is 48.1 Å². The first kappa shape index (κ1) is 27.4. The Bertz CT molecular complexity index is 1180. The topological polar surface area (TPSA) is 97.0 Å². The predicted molar refractivity (Wildman–Crippen MR) is 149 cm³/mol. The number of hydrogen-bond donors (Lipinski definition) is 2. The first-order valence-corrected chi connectivity index (χ1v) is 14.3. The van der Waals surface area contributed by atoms with Gasteiger partial charge in [-0.3, -0.25) is 14.4 Å². The van der Waals surface area contributed by atoms with Crippen molar-refractivity contribution in [2.75, 3.05) is 19.0 Å². The zero-order valence-corrected chi connectivity index (χ0v) is 23.4. The molecule has 3 aliphatic heterocycles. The fourth-order valence-corrected chi connectivity index (χ4v) is 7.22. The van der Waals surface area contributed by atoms with Gasteiger partial charge >= 0.3 is 0 Å². The van der Waals surface area contributed by atoms with E-state index < -0.39 is 29.6 Å². The molecule has 7 unspecified atom stereocenters. The summed E-state index contributed by atoms with van der Waals surface area (Å²) in [6.07, 6.45) is 11.0. The second-order valence-electron chi connectivity index (χ2n) is 11.7. The Labute approximate surface area is 231 Å². The highest BCUT2D eigenvalue weighted by molar-refractivity contribution is 6.02. The van der Waals surface area contributed by atoms with Crippen molar-refractivity contribution >= 4 is 23.4 Å². The number of nitrogens with zero attached hydrogens (tertiary/aromatic N) is 1. The minimum Gasteiger partial charge on any atom is -0.497 e. The summed E-state index contributed by atoms with van der Waals surface area (Å²) in [7, 11) is 1.58. The number of carbonyl (C=O) groups is 3. The molecule has 7 atom stereocenters. The van der Waals surface area contributed by atoms with Gasteiger partial charge in [0, 0.05) is 24.3 Å². The first-order chi connectivity index (χ1) is 18.8. The van der Waals surface area contributed by atoms with Crippen molar-refractivity contribution in [1.82, 2.24) is 10.2 Å². The number of carbonyl (C=O) groups excluding carboxylic acids is 3. The van der Waals surface area contributed by atoms with Crippen molar-refractivity contribution in [1.29, 1.82) is 0 Å². The quantitative estimate of drug-likeness (QED) is 0.486. The van der Waals surface area contributed by atoms with Gasteiger partial charge in [-0.05, 0) is 57.6 Å². The second kappa shape index (κ2) is 11.2. The monoisotopic (exact) mass is 535 g/mol. The number of benzene rings is 1. The van der Waals surface area contributed by atoms with Crippen LogP contribution in [0.25, 0.3) is 0 Å². The maximum absolute atomic E-state index is 14.1. The second-order valence-corrected chi connectivity index (χ2v) is 11.7. The smallest absolute Gasteiger partial charge is 0.246 e. The molecule has 4 fully saturated rings. The maximum Gasteiger partial charge on any atom is 0.246 e. The Kier molecular flexibility index (Phi) is 7.85. The van der Waals surface area contributed by atoms with Gasteiger partial charge in [0.1, 0.15) is 17.4 Å². The summed E-state index contributed by atoms with van der Waals surface area (Å²) in [5.41, 5.74) is 0.568. The van der Waals surface area contributed by atoms with Gasteiger partial charge in [-0.25, -0.2) is 0 Å². The molecule has 3 heterocycles. The average molecular weight is 536 g/mol. The number of amides is 3. The Balaban J connectivity index is 1.45. The number of fused-ring (bicyclic) bond motifs is 1. The third-order valence-corrected chi connectivity index (χ3v) is 9.12. The molecule has 0 aromatic heterocycles. The van der Waals surface area contributed by atoms with E-state index in [0.29, 0.717) is 36.7 Å². The maximum atomic E-state index is 14.1. The number of likely N-dealkylation sites (tertiary alicyclic amines) is 1. The third kappa shape index (κ3) is 4.99. The minimum atomic E-state index is -0.999. The molecule has 3 saturated heterocycles. The number of rotatable bonds is 8. The fraction of sp³-hybridized carbons (Fsp3) is 0.581. The zero-order chi connectivity index (χ0) is 27.7. The molecule has 1 aromatic rings. The van der Waals surface area contributed by atoms with Crippen molar-refractivity contribution in [3.8, 4) is 5.75 Å². The first-order valence-electron chi connectivity index (χ1n) is 14.3. The Morgan fingerprint density at radius 3 is 2.74 bits per heavy atom. The molecule has 0 radical (unpaired) electrons. The third-order valence-electron chi connectivity index (χ3n) is 9.12. The van der Waals surface area contributed by atoms with Gasteiger partial charge in [0.15, 0.2) is 0 Å². The van der Waals surface area contributed by atoms with Crippen LogP contribution in [0, 0.1) is 17.8 Å². The van der Waals surface area contributed by atoms with Crippen molar-refractivity contribution in [3.05, 3.63) is 48.1 Å². The van der Waals surface area contributed by atoms with E-state index >= 15 is 0 Å². The number of nitrogens with one attached hydrogen (secondary N) is 2. The Morgan fingerprint density at radius 1 is 1.21 bits per heavy atom. The number of allylic oxidation sites excluding steroid dienone is 3. The summed E-state index contributed by atoms with van der Waals surface area (Å²) < 4.78 is 11.9. The van der Waals surface area contributed by atoms with E-state index in [1.807, 2.05) is 44.2 Å². The van der Waals surface area contributed by atoms with E-state index in [0.717, 1.165) is 24.8 Å². The molecule has 1 saturated carbocycles. The fourth-order valence-electron chi connectivity index (χ4n) is 7.22. The van der Waals surface area contributed by atoms with Crippen LogP contribution < -0.4 is 15.4 Å². The molecular formula is C31H41N3O5. The van der Waals surface area contributed by atoms with Gasteiger partial charge in [-0.2, -0.15) is 0 Å². The normalized spacial score (nSPS) is 33.9. The molecule has 2 bridgehead atoms. The zero-order valence-electron chi connectivity index (χ0n) is 23.4. The van der Waals surface area contributed by atoms with E-state index in [1.165, 1.54) is 6.42 Å². The van der Waals surface area contributed by atoms with Crippen LogP contribution in [-0.4, -0.2) is 60.1 Å². The molecule has 3 amide bonds. The van der Waals surface area contributed by atoms with Crippen LogP contribution in [0.1, 0.15) is 59.3 Å². The molecule has 5 rings (SSSR count). The summed E-state index contributed by atoms with van der Waals surface area (Å²) in [5.74, 6) is -0.918. The lowest BCUT2D eigenvalue weighted by Gasteiger charge is -2.36. The van der Waals surface area contributed by atoms with Crippen molar-refractivity contribution in [2.45, 2.75) is 83.1 Å². The van der Waals surface area contributed by atoms with Crippen molar-refractivity contribution in [2.24, 2.45) is 17.8 Å². The van der Waals surface area contributed by atoms with E-state index in [1.54, 1.807) is 24.1 Å². The van der Waals surface area contributed by atoms with Crippen molar-refractivity contribution in [3.63, 3.8) is 0 Å². The molecule has 1 spiro atoms. The highest BCUT2D eigenvalue weighted by Crippen LogP contribution is 2.58. The van der Waals surface area contributed by atoms with E-state index in [9.17, 15) is 14.4 Å². The number of ether oxygens (including phenoxy) is 2. The Morgan fingerprint density at radius 2 is 2.00 bits per heavy atom. The summed E-state index contributed by atoms with van der Waals surface area (Å²) in [4.78, 5) is 43.5. The van der Waals surface area contributed by atoms with Crippen LogP contribution >= 0.6 is 0 Å². The molecule has 8 nitrogen and oxygen atoms in total. The molecular weight excluding hydrogens is 494 g/mol. The number of hydrogen-bond acceptors (Lipinski definition) is 5. The van der Waals surface area contributed by atoms with Gasteiger partial charge in [0.05, 0.1) is 25.0 Å². The standard InChI is InChI=1S/C31H41N3O5/c1-5-6-10-19(2)18-34-27(29(36)33-23-14-8-7-11-20(23)3)31-16-15-24(39-31)25(26(31)30(34)37)28(35)32-21-12-9-13-22(17-21)38-4/h5-6,9-10,12-13,17,20,23-27H,7-8,11,14-16,18H2,1-4H3,(H,32,35)(H,33,36)/b6-5-,19-10+. The van der Waals surface area contributed by atoms with Crippen LogP contribution in [-0.2, 0) is 19.1 Å². The van der Waals surface area contributed by atoms with E-state index in [-0.39, 0.29) is 23.8 Å². The SMILES string of the molecule is C/C=C\C=C(/C)CN1C(=O)C2C(C(=O)Nc3cccc(OC)c3)C3CCC2(O3)C1C(=O)NC1CCCCC1C. The van der Waals surface area contributed by atoms with Crippen molar-refractivity contribution < 1.29 is 23.9 Å². The highest BCUT2D eigenvalue weighted by atomic mass is 16.5. The lowest BCUT2D eigenvalue weighted by molar-refractivity contribution is -0.141. The average Bonchev–Trinajstić information content (AvgIpc) is 3.56. The largest absolute Gasteiger partial charge is 0.497 e. The lowest BCUT2D eigenvalue weighted by Crippen LogP contribution is -2.58. The summed E-state index contributed by atoms with van der Waals surface area (Å²) in [6, 6.07) is 6.49. The van der Waals surface area contributed by atoms with E-state index in [4.69, 9.17) is 9.47 Å². The van der Waals surface area contributed by atoms with Crippen LogP contribution in [0.3, 0.4) is 0 Å². The van der Waals surface area contributed by atoms with Crippen LogP contribution in [0.4, 0.5) is 5.69 Å². The van der Waals surface area contributed by atoms with Crippen LogP contribution in [0.5, 0.6) is 5.75 Å². The van der Waals surface area contributed by atoms with Gasteiger partial charge in [0.2, 0.25) is 17.7 Å². The summed E-state index contributed by atoms with van der Waals surface area (Å²) in [5, 5.41) is 6.29.